The van der Waals surface area contributed by atoms with Crippen LogP contribution in [0.25, 0.3) is 11.3 Å². The van der Waals surface area contributed by atoms with Gasteiger partial charge in [0.2, 0.25) is 11.6 Å². The van der Waals surface area contributed by atoms with Crippen molar-refractivity contribution < 1.29 is 13.9 Å². The van der Waals surface area contributed by atoms with Crippen LogP contribution in [0.15, 0.2) is 70.6 Å². The predicted molar refractivity (Wildman–Crippen MR) is 109 cm³/mol. The molecule has 0 amide bonds. The Kier molecular flexibility index (Phi) is 5.08. The Hall–Kier alpha value is -3.19. The minimum Gasteiger partial charge on any atom is -0.454 e. The van der Waals surface area contributed by atoms with Crippen LogP contribution in [-0.4, -0.2) is 23.7 Å². The monoisotopic (exact) mass is 395 g/mol. The van der Waals surface area contributed by atoms with Crippen LogP contribution in [0, 0.1) is 5.82 Å². The van der Waals surface area contributed by atoms with Gasteiger partial charge in [0.05, 0.1) is 18.0 Å². The van der Waals surface area contributed by atoms with Crippen molar-refractivity contribution in [2.24, 2.45) is 10.1 Å². The lowest BCUT2D eigenvalue weighted by Gasteiger charge is -2.07. The van der Waals surface area contributed by atoms with E-state index < -0.39 is 0 Å². The number of aromatic nitrogens is 1. The maximum Gasteiger partial charge on any atom is 0.231 e. The van der Waals surface area contributed by atoms with Crippen LogP contribution < -0.4 is 14.3 Å². The number of nitrogens with zero attached hydrogens (tertiary/aromatic N) is 3. The molecule has 2 aromatic carbocycles. The van der Waals surface area contributed by atoms with Gasteiger partial charge in [-0.3, -0.25) is 4.99 Å². The highest BCUT2D eigenvalue weighted by atomic mass is 32.1. The zero-order valence-corrected chi connectivity index (χ0v) is 16.1. The molecular weight excluding hydrogens is 377 g/mol. The number of ether oxygens (including phenoxy) is 2. The SMILES string of the molecule is C=CCN=c1scc(-c2ccccc2F)n1N=C(C)c1ccc2c(c1)OCO2. The molecule has 3 aromatic rings. The quantitative estimate of drug-likeness (QED) is 0.474. The average Bonchev–Trinajstić information content (AvgIpc) is 3.33. The lowest BCUT2D eigenvalue weighted by atomic mass is 10.1. The number of halogens is 1. The molecule has 0 aliphatic carbocycles. The van der Waals surface area contributed by atoms with Crippen molar-refractivity contribution in [2.45, 2.75) is 6.92 Å². The van der Waals surface area contributed by atoms with Crippen LogP contribution in [0.2, 0.25) is 0 Å². The van der Waals surface area contributed by atoms with E-state index in [-0.39, 0.29) is 12.6 Å². The first kappa shape index (κ1) is 18.2. The number of hydrogen-bond donors (Lipinski definition) is 0. The zero-order valence-electron chi connectivity index (χ0n) is 15.3. The Balaban J connectivity index is 1.83. The van der Waals surface area contributed by atoms with Crippen molar-refractivity contribution >= 4 is 17.0 Å². The van der Waals surface area contributed by atoms with Crippen LogP contribution in [0.1, 0.15) is 12.5 Å². The number of thiazole rings is 1. The van der Waals surface area contributed by atoms with E-state index in [1.807, 2.05) is 30.5 Å². The molecule has 0 bridgehead atoms. The summed E-state index contributed by atoms with van der Waals surface area (Å²) in [4.78, 5) is 5.16. The summed E-state index contributed by atoms with van der Waals surface area (Å²) in [5.41, 5.74) is 2.75. The highest BCUT2D eigenvalue weighted by Gasteiger charge is 2.15. The third-order valence-electron chi connectivity index (χ3n) is 4.23. The highest BCUT2D eigenvalue weighted by molar-refractivity contribution is 7.07. The van der Waals surface area contributed by atoms with E-state index in [2.05, 4.69) is 11.6 Å². The van der Waals surface area contributed by atoms with Gasteiger partial charge in [-0.1, -0.05) is 18.2 Å². The molecule has 142 valence electrons. The van der Waals surface area contributed by atoms with Gasteiger partial charge in [0.25, 0.3) is 0 Å². The van der Waals surface area contributed by atoms with Crippen molar-refractivity contribution in [3.63, 3.8) is 0 Å². The molecule has 7 heteroatoms. The highest BCUT2D eigenvalue weighted by Crippen LogP contribution is 2.32. The van der Waals surface area contributed by atoms with E-state index >= 15 is 0 Å². The third kappa shape index (κ3) is 3.48. The van der Waals surface area contributed by atoms with E-state index in [1.165, 1.54) is 17.4 Å². The van der Waals surface area contributed by atoms with Crippen molar-refractivity contribution in [1.29, 1.82) is 0 Å². The van der Waals surface area contributed by atoms with Crippen LogP contribution in [0.3, 0.4) is 0 Å². The molecule has 0 unspecified atom stereocenters. The summed E-state index contributed by atoms with van der Waals surface area (Å²) in [7, 11) is 0. The maximum atomic E-state index is 14.4. The van der Waals surface area contributed by atoms with Crippen molar-refractivity contribution in [1.82, 2.24) is 4.68 Å². The summed E-state index contributed by atoms with van der Waals surface area (Å²) < 4.78 is 26.9. The molecule has 1 aromatic heterocycles. The summed E-state index contributed by atoms with van der Waals surface area (Å²) in [6.07, 6.45) is 1.71. The third-order valence-corrected chi connectivity index (χ3v) is 5.09. The first-order valence-electron chi connectivity index (χ1n) is 8.70. The second-order valence-electron chi connectivity index (χ2n) is 6.08. The number of fused-ring (bicyclic) bond motifs is 1. The molecule has 28 heavy (non-hydrogen) atoms. The minimum absolute atomic E-state index is 0.219. The van der Waals surface area contributed by atoms with Gasteiger partial charge in [0.15, 0.2) is 11.5 Å². The van der Waals surface area contributed by atoms with Crippen LogP contribution in [-0.2, 0) is 0 Å². The average molecular weight is 395 g/mol. The van der Waals surface area contributed by atoms with E-state index in [9.17, 15) is 4.39 Å². The Morgan fingerprint density at radius 2 is 2.07 bits per heavy atom. The molecule has 4 rings (SSSR count). The van der Waals surface area contributed by atoms with Gasteiger partial charge in [-0.05, 0) is 37.3 Å². The minimum atomic E-state index is -0.305. The zero-order chi connectivity index (χ0) is 19.5. The van der Waals surface area contributed by atoms with Crippen molar-refractivity contribution in [3.05, 3.63) is 76.7 Å². The van der Waals surface area contributed by atoms with Crippen molar-refractivity contribution in [2.75, 3.05) is 13.3 Å². The summed E-state index contributed by atoms with van der Waals surface area (Å²) in [5, 5.41) is 6.60. The topological polar surface area (TPSA) is 48.1 Å². The molecule has 0 N–H and O–H groups in total. The van der Waals surface area contributed by atoms with Gasteiger partial charge < -0.3 is 9.47 Å². The van der Waals surface area contributed by atoms with Crippen LogP contribution >= 0.6 is 11.3 Å². The molecule has 1 aliphatic heterocycles. The second-order valence-corrected chi connectivity index (χ2v) is 6.91. The van der Waals surface area contributed by atoms with Gasteiger partial charge in [-0.25, -0.2) is 9.07 Å². The molecule has 0 atom stereocenters. The van der Waals surface area contributed by atoms with E-state index in [1.54, 1.807) is 29.0 Å². The first-order chi connectivity index (χ1) is 13.7. The van der Waals surface area contributed by atoms with E-state index in [0.717, 1.165) is 11.3 Å². The molecule has 1 aliphatic rings. The Morgan fingerprint density at radius 3 is 2.89 bits per heavy atom. The van der Waals surface area contributed by atoms with Gasteiger partial charge >= 0.3 is 0 Å². The van der Waals surface area contributed by atoms with E-state index in [4.69, 9.17) is 14.6 Å². The Bertz CT molecular complexity index is 1130. The summed E-state index contributed by atoms with van der Waals surface area (Å²) in [6.45, 7) is 6.27. The van der Waals surface area contributed by atoms with E-state index in [0.29, 0.717) is 34.1 Å². The number of rotatable bonds is 5. The molecule has 0 saturated heterocycles. The molecular formula is C21H18FN3O2S. The second kappa shape index (κ2) is 7.82. The number of benzene rings is 2. The maximum absolute atomic E-state index is 14.4. The van der Waals surface area contributed by atoms with Gasteiger partial charge in [-0.15, -0.1) is 17.9 Å². The lowest BCUT2D eigenvalue weighted by Crippen LogP contribution is -2.14. The number of hydrogen-bond acceptors (Lipinski definition) is 5. The first-order valence-corrected chi connectivity index (χ1v) is 9.58. The van der Waals surface area contributed by atoms with Crippen LogP contribution in [0.4, 0.5) is 4.39 Å². The smallest absolute Gasteiger partial charge is 0.231 e. The summed E-state index contributed by atoms with van der Waals surface area (Å²) in [6, 6.07) is 12.3. The van der Waals surface area contributed by atoms with Crippen LogP contribution in [0.5, 0.6) is 11.5 Å². The summed E-state index contributed by atoms with van der Waals surface area (Å²) in [5.74, 6) is 1.10. The van der Waals surface area contributed by atoms with Gasteiger partial charge in [-0.2, -0.15) is 5.10 Å². The standard InChI is InChI=1S/C21H18FN3O2S/c1-3-10-23-21-25(18(12-28-21)16-6-4-5-7-17(16)22)24-14(2)15-8-9-19-20(11-15)27-13-26-19/h3-9,11-12H,1,10,13H2,2H3. The summed E-state index contributed by atoms with van der Waals surface area (Å²) >= 11 is 1.41. The van der Waals surface area contributed by atoms with Gasteiger partial charge in [0, 0.05) is 16.5 Å². The van der Waals surface area contributed by atoms with Crippen molar-refractivity contribution in [3.8, 4) is 22.8 Å². The molecule has 0 saturated carbocycles. The fraction of sp³-hybridized carbons (Fsp3) is 0.143. The molecule has 5 nitrogen and oxygen atoms in total. The fourth-order valence-electron chi connectivity index (χ4n) is 2.83. The molecule has 0 spiro atoms. The lowest BCUT2D eigenvalue weighted by molar-refractivity contribution is 0.174. The Labute approximate surface area is 165 Å². The normalized spacial score (nSPS) is 13.8. The fourth-order valence-corrected chi connectivity index (χ4v) is 3.66. The molecule has 2 heterocycles. The molecule has 0 radical (unpaired) electrons. The largest absolute Gasteiger partial charge is 0.454 e. The predicted octanol–water partition coefficient (Wildman–Crippen LogP) is 4.44. The Morgan fingerprint density at radius 1 is 1.25 bits per heavy atom. The molecule has 0 fully saturated rings. The van der Waals surface area contributed by atoms with Gasteiger partial charge in [0.1, 0.15) is 5.82 Å².